The Balaban J connectivity index is 1.37. The molecule has 1 N–H and O–H groups in total. The highest BCUT2D eigenvalue weighted by atomic mass is 79.9. The van der Waals surface area contributed by atoms with Crippen molar-refractivity contribution in [2.24, 2.45) is 23.7 Å². The molecule has 5 nitrogen and oxygen atoms in total. The summed E-state index contributed by atoms with van der Waals surface area (Å²) in [6.07, 6.45) is 3.21. The average Bonchev–Trinajstić information content (AvgIpc) is 3.23. The van der Waals surface area contributed by atoms with E-state index in [-0.39, 0.29) is 42.5 Å². The number of hydrogen-bond acceptors (Lipinski definition) is 3. The highest BCUT2D eigenvalue weighted by molar-refractivity contribution is 9.10. The molecule has 2 saturated carbocycles. The number of rotatable bonds is 4. The van der Waals surface area contributed by atoms with E-state index in [2.05, 4.69) is 21.2 Å². The van der Waals surface area contributed by atoms with Gasteiger partial charge in [-0.15, -0.1) is 0 Å². The van der Waals surface area contributed by atoms with Crippen LogP contribution in [0, 0.1) is 23.7 Å². The third kappa shape index (κ3) is 2.89. The summed E-state index contributed by atoms with van der Waals surface area (Å²) in [6.45, 7) is 0.143. The fraction of sp³-hybridized carbons (Fsp3) is 0.500. The summed E-state index contributed by atoms with van der Waals surface area (Å²) < 4.78 is 0.824. The molecule has 3 aliphatic rings. The van der Waals surface area contributed by atoms with Gasteiger partial charge in [-0.1, -0.05) is 27.5 Å². The maximum Gasteiger partial charge on any atom is 0.233 e. The van der Waals surface area contributed by atoms with Crippen LogP contribution >= 0.6 is 27.5 Å². The highest BCUT2D eigenvalue weighted by Gasteiger charge is 2.60. The lowest BCUT2D eigenvalue weighted by Gasteiger charge is -2.19. The molecule has 25 heavy (non-hydrogen) atoms. The third-order valence-electron chi connectivity index (χ3n) is 5.79. The first kappa shape index (κ1) is 17.0. The number of halogens is 2. The number of likely N-dealkylation sites (tertiary alicyclic amines) is 1. The number of hydrogen-bond donors (Lipinski definition) is 1. The predicted molar refractivity (Wildman–Crippen MR) is 96.9 cm³/mol. The summed E-state index contributed by atoms with van der Waals surface area (Å²) >= 11 is 9.40. The fourth-order valence-electron chi connectivity index (χ4n) is 4.71. The topological polar surface area (TPSA) is 66.5 Å². The van der Waals surface area contributed by atoms with Crippen molar-refractivity contribution in [1.82, 2.24) is 4.90 Å². The second-order valence-corrected chi connectivity index (χ2v) is 8.46. The van der Waals surface area contributed by atoms with E-state index in [0.717, 1.165) is 23.7 Å². The number of nitrogens with one attached hydrogen (secondary N) is 1. The van der Waals surface area contributed by atoms with Crippen LogP contribution in [-0.2, 0) is 14.4 Å². The van der Waals surface area contributed by atoms with E-state index in [4.69, 9.17) is 11.6 Å². The molecule has 132 valence electrons. The normalized spacial score (nSPS) is 30.1. The van der Waals surface area contributed by atoms with Gasteiger partial charge in [-0.2, -0.15) is 0 Å². The van der Waals surface area contributed by atoms with E-state index in [0.29, 0.717) is 22.5 Å². The molecule has 3 amide bonds. The maximum atomic E-state index is 12.6. The van der Waals surface area contributed by atoms with Crippen LogP contribution in [0.1, 0.15) is 25.7 Å². The predicted octanol–water partition coefficient (Wildman–Crippen LogP) is 3.46. The largest absolute Gasteiger partial charge is 0.325 e. The lowest BCUT2D eigenvalue weighted by Crippen LogP contribution is -2.35. The lowest BCUT2D eigenvalue weighted by atomic mass is 9.81. The van der Waals surface area contributed by atoms with Gasteiger partial charge in [0.05, 0.1) is 22.5 Å². The number of imide groups is 1. The number of anilines is 1. The van der Waals surface area contributed by atoms with E-state index in [1.807, 2.05) is 0 Å². The van der Waals surface area contributed by atoms with Crippen LogP contribution in [0.2, 0.25) is 5.02 Å². The van der Waals surface area contributed by atoms with Crippen LogP contribution in [-0.4, -0.2) is 29.2 Å². The van der Waals surface area contributed by atoms with Crippen molar-refractivity contribution in [2.75, 3.05) is 11.9 Å². The quantitative estimate of drug-likeness (QED) is 0.751. The SMILES string of the molecule is O=C(CCN1C(=O)[C@@H]2[C@@H]3CC[C@@H](C3)[C@@H]2C1=O)Nc1ccc(Br)cc1Cl. The molecule has 3 fully saturated rings. The molecule has 2 bridgehead atoms. The molecule has 1 saturated heterocycles. The van der Waals surface area contributed by atoms with Gasteiger partial charge < -0.3 is 5.32 Å². The molecule has 7 heteroatoms. The zero-order valence-corrected chi connectivity index (χ0v) is 15.8. The second-order valence-electron chi connectivity index (χ2n) is 7.14. The second kappa shape index (κ2) is 6.40. The van der Waals surface area contributed by atoms with E-state index in [1.165, 1.54) is 4.90 Å². The Hall–Kier alpha value is -1.40. The maximum absolute atomic E-state index is 12.6. The van der Waals surface area contributed by atoms with Crippen molar-refractivity contribution in [3.63, 3.8) is 0 Å². The number of carbonyl (C=O) groups is 3. The monoisotopic (exact) mass is 424 g/mol. The average molecular weight is 426 g/mol. The van der Waals surface area contributed by atoms with E-state index in [1.54, 1.807) is 18.2 Å². The molecule has 0 unspecified atom stereocenters. The molecule has 1 aromatic rings. The van der Waals surface area contributed by atoms with Crippen LogP contribution < -0.4 is 5.32 Å². The van der Waals surface area contributed by atoms with Gasteiger partial charge in [0.1, 0.15) is 0 Å². The van der Waals surface area contributed by atoms with Crippen molar-refractivity contribution in [3.8, 4) is 0 Å². The Labute approximate surface area is 159 Å². The minimum Gasteiger partial charge on any atom is -0.325 e. The van der Waals surface area contributed by atoms with Crippen molar-refractivity contribution < 1.29 is 14.4 Å². The molecule has 4 rings (SSSR count). The Bertz CT molecular complexity index is 741. The molecular weight excluding hydrogens is 408 g/mol. The number of benzene rings is 1. The molecule has 0 spiro atoms. The summed E-state index contributed by atoms with van der Waals surface area (Å²) in [6, 6.07) is 5.19. The minimum atomic E-state index is -0.259. The van der Waals surface area contributed by atoms with E-state index < -0.39 is 0 Å². The summed E-state index contributed by atoms with van der Waals surface area (Å²) in [5.74, 6) is 0.0716. The Morgan fingerprint density at radius 3 is 2.44 bits per heavy atom. The Morgan fingerprint density at radius 2 is 1.84 bits per heavy atom. The standard InChI is InChI=1S/C18H18BrClN2O3/c19-11-3-4-13(12(20)8-11)21-14(23)5-6-22-17(24)15-9-1-2-10(7-9)16(15)18(22)25/h3-4,8-10,15-16H,1-2,5-7H2,(H,21,23)/t9-,10+,15-,16+. The van der Waals surface area contributed by atoms with Crippen molar-refractivity contribution in [3.05, 3.63) is 27.7 Å². The van der Waals surface area contributed by atoms with Gasteiger partial charge in [-0.3, -0.25) is 19.3 Å². The first-order valence-electron chi connectivity index (χ1n) is 8.56. The van der Waals surface area contributed by atoms with Crippen LogP contribution in [0.5, 0.6) is 0 Å². The molecule has 4 atom stereocenters. The van der Waals surface area contributed by atoms with Crippen molar-refractivity contribution >= 4 is 50.9 Å². The van der Waals surface area contributed by atoms with E-state index >= 15 is 0 Å². The van der Waals surface area contributed by atoms with Crippen LogP contribution in [0.4, 0.5) is 5.69 Å². The van der Waals surface area contributed by atoms with Gasteiger partial charge in [0, 0.05) is 17.4 Å². The van der Waals surface area contributed by atoms with Gasteiger partial charge >= 0.3 is 0 Å². The van der Waals surface area contributed by atoms with Gasteiger partial charge in [-0.05, 0) is 49.3 Å². The Morgan fingerprint density at radius 1 is 1.20 bits per heavy atom. The third-order valence-corrected chi connectivity index (χ3v) is 6.59. The smallest absolute Gasteiger partial charge is 0.233 e. The van der Waals surface area contributed by atoms with Crippen LogP contribution in [0.25, 0.3) is 0 Å². The van der Waals surface area contributed by atoms with Gasteiger partial charge in [0.25, 0.3) is 0 Å². The van der Waals surface area contributed by atoms with Gasteiger partial charge in [0.15, 0.2) is 0 Å². The number of fused-ring (bicyclic) bond motifs is 5. The number of carbonyl (C=O) groups excluding carboxylic acids is 3. The molecule has 2 aliphatic carbocycles. The number of amides is 3. The zero-order chi connectivity index (χ0) is 17.7. The first-order chi connectivity index (χ1) is 12.0. The Kier molecular flexibility index (Phi) is 4.36. The van der Waals surface area contributed by atoms with Gasteiger partial charge in [-0.25, -0.2) is 0 Å². The van der Waals surface area contributed by atoms with E-state index in [9.17, 15) is 14.4 Å². The van der Waals surface area contributed by atoms with Gasteiger partial charge in [0.2, 0.25) is 17.7 Å². The molecule has 1 heterocycles. The minimum absolute atomic E-state index is 0.0725. The fourth-order valence-corrected chi connectivity index (χ4v) is 5.43. The van der Waals surface area contributed by atoms with Crippen LogP contribution in [0.3, 0.4) is 0 Å². The summed E-state index contributed by atoms with van der Waals surface area (Å²) in [7, 11) is 0. The van der Waals surface area contributed by atoms with Crippen LogP contribution in [0.15, 0.2) is 22.7 Å². The summed E-state index contributed by atoms with van der Waals surface area (Å²) in [4.78, 5) is 38.7. The summed E-state index contributed by atoms with van der Waals surface area (Å²) in [5.41, 5.74) is 0.517. The molecule has 1 aliphatic heterocycles. The highest BCUT2D eigenvalue weighted by Crippen LogP contribution is 2.56. The van der Waals surface area contributed by atoms with Crippen molar-refractivity contribution in [1.29, 1.82) is 0 Å². The first-order valence-corrected chi connectivity index (χ1v) is 9.73. The molecule has 0 aromatic heterocycles. The number of nitrogens with zero attached hydrogens (tertiary/aromatic N) is 1. The lowest BCUT2D eigenvalue weighted by molar-refractivity contribution is -0.140. The summed E-state index contributed by atoms with van der Waals surface area (Å²) in [5, 5.41) is 3.16. The molecular formula is C18H18BrClN2O3. The molecule has 1 aromatic carbocycles. The van der Waals surface area contributed by atoms with Crippen molar-refractivity contribution in [2.45, 2.75) is 25.7 Å². The zero-order valence-electron chi connectivity index (χ0n) is 13.5. The molecule has 0 radical (unpaired) electrons.